The van der Waals surface area contributed by atoms with E-state index in [0.29, 0.717) is 59.7 Å². The van der Waals surface area contributed by atoms with Crippen molar-refractivity contribution in [2.45, 2.75) is 115 Å². The summed E-state index contributed by atoms with van der Waals surface area (Å²) in [4.78, 5) is -9.47. The summed E-state index contributed by atoms with van der Waals surface area (Å²) in [6, 6.07) is 33.3. The summed E-state index contributed by atoms with van der Waals surface area (Å²) in [5, 5.41) is 0. The Bertz CT molecular complexity index is 5030. The first kappa shape index (κ1) is 66.1. The molecule has 0 aliphatic rings. The lowest BCUT2D eigenvalue weighted by Crippen LogP contribution is -2.27. The minimum absolute atomic E-state index is 0.153. The molecule has 1 atom stereocenters. The molecule has 460 valence electrons. The second-order valence-corrected chi connectivity index (χ2v) is 36.4. The molecule has 0 heterocycles. The number of benzene rings is 8. The zero-order valence-corrected chi connectivity index (χ0v) is 53.4. The van der Waals surface area contributed by atoms with Gasteiger partial charge in [-0.1, -0.05) is 50.7 Å². The Morgan fingerprint density at radius 3 is 1.06 bits per heavy atom. The van der Waals surface area contributed by atoms with E-state index < -0.39 is 150 Å². The SMILES string of the molecule is CC(C)(C)c1ccc(S(=N)(=O)c2ccc(-c3ccc(S(=O)(=O)c4ccc(S(=O)(=O)c5ccc(Oc6ccc(Sc7ccc(Oc8ccc(S(=O)(=O)C(C)(C)C)cc8)cc7)cc6)cc5)cc4S(=O)(=O)O)c(S(=O)(=O)O)c3)cc2S(=O)(=O)O)c(S(=O)(=O)O)c1. The van der Waals surface area contributed by atoms with Gasteiger partial charge < -0.3 is 9.47 Å². The van der Waals surface area contributed by atoms with Crippen LogP contribution in [0, 0.1) is 4.78 Å². The maximum Gasteiger partial charge on any atom is 0.295 e. The number of nitrogens with one attached hydrogen (secondary N) is 1. The summed E-state index contributed by atoms with van der Waals surface area (Å²) >= 11 is 1.42. The first-order valence-electron chi connectivity index (χ1n) is 24.8. The van der Waals surface area contributed by atoms with E-state index in [4.69, 9.17) is 14.3 Å². The Kier molecular flexibility index (Phi) is 17.7. The third-order valence-corrected chi connectivity index (χ3v) is 26.2. The van der Waals surface area contributed by atoms with Gasteiger partial charge in [-0.2, -0.15) is 33.7 Å². The topological polar surface area (TPSA) is 379 Å². The van der Waals surface area contributed by atoms with Gasteiger partial charge in [0.15, 0.2) is 9.84 Å². The molecule has 0 bridgehead atoms. The summed E-state index contributed by atoms with van der Waals surface area (Å²) in [6.07, 6.45) is 0. The molecule has 22 nitrogen and oxygen atoms in total. The third-order valence-electron chi connectivity index (χ3n) is 13.0. The highest BCUT2D eigenvalue weighted by Crippen LogP contribution is 2.41. The number of sulfone groups is 3. The van der Waals surface area contributed by atoms with E-state index in [9.17, 15) is 81.3 Å². The summed E-state index contributed by atoms with van der Waals surface area (Å²) < 4.78 is 260. The summed E-state index contributed by atoms with van der Waals surface area (Å²) in [5.74, 6) is 1.46. The van der Waals surface area contributed by atoms with Crippen LogP contribution in [0.4, 0.5) is 0 Å². The second kappa shape index (κ2) is 23.3. The van der Waals surface area contributed by atoms with Crippen molar-refractivity contribution in [1.82, 2.24) is 0 Å². The van der Waals surface area contributed by atoms with Gasteiger partial charge >= 0.3 is 0 Å². The van der Waals surface area contributed by atoms with E-state index >= 15 is 0 Å². The number of rotatable bonds is 18. The van der Waals surface area contributed by atoms with Crippen molar-refractivity contribution in [1.29, 1.82) is 4.78 Å². The van der Waals surface area contributed by atoms with Gasteiger partial charge in [-0.3, -0.25) is 18.2 Å². The van der Waals surface area contributed by atoms with Crippen molar-refractivity contribution in [3.05, 3.63) is 175 Å². The van der Waals surface area contributed by atoms with Crippen molar-refractivity contribution >= 4 is 91.5 Å². The molecule has 0 saturated carbocycles. The quantitative estimate of drug-likeness (QED) is 0.0498. The Morgan fingerprint density at radius 2 is 0.667 bits per heavy atom. The molecule has 0 aromatic heterocycles. The highest BCUT2D eigenvalue weighted by atomic mass is 32.2. The van der Waals surface area contributed by atoms with Gasteiger partial charge in [-0.05, 0) is 195 Å². The van der Waals surface area contributed by atoms with Gasteiger partial charge in [0.2, 0.25) is 19.7 Å². The highest BCUT2D eigenvalue weighted by molar-refractivity contribution is 7.99. The van der Waals surface area contributed by atoms with Crippen molar-refractivity contribution in [2.24, 2.45) is 0 Å². The Morgan fingerprint density at radius 1 is 0.345 bits per heavy atom. The van der Waals surface area contributed by atoms with E-state index in [1.165, 1.54) is 42.1 Å². The number of hydrogen-bond acceptors (Lipinski definition) is 19. The maximum absolute atomic E-state index is 14.3. The van der Waals surface area contributed by atoms with E-state index in [1.807, 2.05) is 12.1 Å². The van der Waals surface area contributed by atoms with Gasteiger partial charge in [0.05, 0.1) is 39.0 Å². The molecule has 1 unspecified atom stereocenters. The average Bonchev–Trinajstić information content (AvgIpc) is 0.818. The lowest BCUT2D eigenvalue weighted by Gasteiger charge is -2.21. The molecule has 0 aliphatic heterocycles. The van der Waals surface area contributed by atoms with Crippen LogP contribution in [0.3, 0.4) is 0 Å². The van der Waals surface area contributed by atoms with Crippen molar-refractivity contribution in [2.75, 3.05) is 0 Å². The monoisotopic (exact) mass is 1360 g/mol. The molecule has 5 N–H and O–H groups in total. The average molecular weight is 1360 g/mol. The smallest absolute Gasteiger partial charge is 0.295 e. The second-order valence-electron chi connectivity index (χ2n) is 21.1. The van der Waals surface area contributed by atoms with Crippen molar-refractivity contribution < 1.29 is 90.8 Å². The van der Waals surface area contributed by atoms with Crippen LogP contribution in [0.5, 0.6) is 23.0 Å². The van der Waals surface area contributed by atoms with Gasteiger partial charge in [-0.25, -0.2) is 34.2 Å². The van der Waals surface area contributed by atoms with E-state index in [0.717, 1.165) is 46.2 Å². The fourth-order valence-corrected chi connectivity index (χ4v) is 19.6. The van der Waals surface area contributed by atoms with Crippen LogP contribution < -0.4 is 9.47 Å². The molecule has 8 rings (SSSR count). The molecular weight excluding hydrogens is 1310 g/mol. The first-order valence-corrected chi connectivity index (χ1v) is 37.4. The van der Waals surface area contributed by atoms with Crippen LogP contribution in [0.1, 0.15) is 47.1 Å². The van der Waals surface area contributed by atoms with E-state index in [-0.39, 0.29) is 16.2 Å². The number of ether oxygens (including phenoxy) is 2. The first-order chi connectivity index (χ1) is 39.9. The lowest BCUT2D eigenvalue weighted by atomic mass is 9.87. The summed E-state index contributed by atoms with van der Waals surface area (Å²) in [7, 11) is -40.8. The molecule has 87 heavy (non-hydrogen) atoms. The Hall–Kier alpha value is -6.85. The van der Waals surface area contributed by atoms with Crippen molar-refractivity contribution in [3.8, 4) is 34.1 Å². The van der Waals surface area contributed by atoms with E-state index in [2.05, 4.69) is 0 Å². The highest BCUT2D eigenvalue weighted by Gasteiger charge is 2.36. The molecule has 0 aliphatic carbocycles. The molecule has 0 saturated heterocycles. The maximum atomic E-state index is 14.3. The van der Waals surface area contributed by atoms with Crippen LogP contribution in [-0.4, -0.2) is 86.1 Å². The molecule has 31 heteroatoms. The molecule has 0 fully saturated rings. The standard InChI is InChI=1S/C56H51NO21S9/c1-55(2,3)37-9-29-48(53(33-37)86(71,72)73)80(57,58)47-27-7-35(31-51(47)84(65,66)67)36-8-28-49(52(32-36)85(68,69)70)82(61,62)50-30-26-46(34-54(50)87(74,75)76)81(59,60)44-22-14-40(15-23-44)77-38-10-18-42(19-11-38)79-43-20-12-39(13-21-43)78-41-16-24-45(25-17-41)83(63,64)56(4,5)6/h7-34,57H,1-6H3,(H,65,66,67)(H,68,69,70)(H,71,72,73)(H,74,75,76). The predicted molar refractivity (Wildman–Crippen MR) is 318 cm³/mol. The lowest BCUT2D eigenvalue weighted by molar-refractivity contribution is 0.476. The zero-order chi connectivity index (χ0) is 64.5. The van der Waals surface area contributed by atoms with Crippen LogP contribution in [0.25, 0.3) is 11.1 Å². The predicted octanol–water partition coefficient (Wildman–Crippen LogP) is 11.1. The number of hydrogen-bond donors (Lipinski definition) is 5. The third kappa shape index (κ3) is 14.2. The molecule has 0 radical (unpaired) electrons. The Balaban J connectivity index is 1.01. The fraction of sp³-hybridized carbons (Fsp3) is 0.143. The van der Waals surface area contributed by atoms with Gasteiger partial charge in [-0.15, -0.1) is 0 Å². The molecule has 0 amide bonds. The van der Waals surface area contributed by atoms with Crippen LogP contribution in [-0.2, 0) is 85.1 Å². The summed E-state index contributed by atoms with van der Waals surface area (Å²) in [6.45, 7) is 9.87. The minimum atomic E-state index is -5.71. The zero-order valence-electron chi connectivity index (χ0n) is 46.1. The van der Waals surface area contributed by atoms with E-state index in [1.54, 1.807) is 90.1 Å². The van der Waals surface area contributed by atoms with Gasteiger partial charge in [0, 0.05) is 9.79 Å². The Labute approximate surface area is 508 Å². The van der Waals surface area contributed by atoms with Crippen molar-refractivity contribution in [3.63, 3.8) is 0 Å². The minimum Gasteiger partial charge on any atom is -0.457 e. The fourth-order valence-electron chi connectivity index (χ4n) is 8.39. The molecule has 8 aromatic carbocycles. The molecule has 8 aromatic rings. The summed E-state index contributed by atoms with van der Waals surface area (Å²) in [5.41, 5.74) is -1.36. The van der Waals surface area contributed by atoms with Crippen LogP contribution >= 0.6 is 11.8 Å². The van der Waals surface area contributed by atoms with Crippen LogP contribution in [0.2, 0.25) is 0 Å². The van der Waals surface area contributed by atoms with Gasteiger partial charge in [0.25, 0.3) is 40.5 Å². The normalized spacial score (nSPS) is 13.8. The van der Waals surface area contributed by atoms with Crippen LogP contribution in [0.15, 0.2) is 233 Å². The molecule has 0 spiro atoms. The largest absolute Gasteiger partial charge is 0.457 e. The molecular formula is C56H51NO21S9. The van der Waals surface area contributed by atoms with Gasteiger partial charge in [0.1, 0.15) is 52.3 Å².